The van der Waals surface area contributed by atoms with Gasteiger partial charge in [0.1, 0.15) is 30.8 Å². The number of fused-ring (bicyclic) bond motifs is 1. The molecule has 10 heteroatoms. The molecule has 0 aliphatic carbocycles. The van der Waals surface area contributed by atoms with Crippen molar-refractivity contribution in [3.63, 3.8) is 0 Å². The molecule has 1 aliphatic rings. The molecule has 40 heavy (non-hydrogen) atoms. The molecule has 0 saturated carbocycles. The number of rotatable bonds is 9. The van der Waals surface area contributed by atoms with Gasteiger partial charge < -0.3 is 24.6 Å². The number of carbonyl (C=O) groups is 2. The van der Waals surface area contributed by atoms with Crippen LogP contribution in [0.3, 0.4) is 0 Å². The summed E-state index contributed by atoms with van der Waals surface area (Å²) in [6.07, 6.45) is 3.93. The highest BCUT2D eigenvalue weighted by molar-refractivity contribution is 6.30. The van der Waals surface area contributed by atoms with Gasteiger partial charge in [-0.25, -0.2) is 4.39 Å². The number of halogens is 2. The molecule has 4 aromatic rings. The second kappa shape index (κ2) is 12.1. The minimum absolute atomic E-state index is 0.00403. The summed E-state index contributed by atoms with van der Waals surface area (Å²) in [6, 6.07) is 15.1. The van der Waals surface area contributed by atoms with Gasteiger partial charge in [0.2, 0.25) is 11.8 Å². The lowest BCUT2D eigenvalue weighted by Crippen LogP contribution is -2.46. The minimum atomic E-state index is -0.762. The number of carbonyl (C=O) groups excluding carboxylic acids is 2. The van der Waals surface area contributed by atoms with Crippen LogP contribution in [0.1, 0.15) is 42.7 Å². The van der Waals surface area contributed by atoms with Gasteiger partial charge in [0.25, 0.3) is 0 Å². The topological polar surface area (TPSA) is 96.7 Å². The number of aromatic nitrogens is 2. The Labute approximate surface area is 236 Å². The number of amides is 2. The zero-order valence-electron chi connectivity index (χ0n) is 22.0. The molecule has 0 spiro atoms. The van der Waals surface area contributed by atoms with Crippen LogP contribution in [0, 0.1) is 5.82 Å². The molecule has 3 heterocycles. The van der Waals surface area contributed by atoms with Gasteiger partial charge in [-0.15, -0.1) is 0 Å². The minimum Gasteiger partial charge on any atom is -0.487 e. The molecule has 1 saturated heterocycles. The summed E-state index contributed by atoms with van der Waals surface area (Å²) < 4.78 is 21.9. The SMILES string of the molecule is CC(O)c1cn(CC(=O)N2CCC[C@H]2C(=O)NCc2cccc(Cl)c2F)c2ccc(OCc3ccccn3)cc12. The van der Waals surface area contributed by atoms with Crippen molar-refractivity contribution in [3.05, 3.63) is 94.7 Å². The van der Waals surface area contributed by atoms with Gasteiger partial charge in [0, 0.05) is 47.5 Å². The Morgan fingerprint density at radius 1 is 1.23 bits per heavy atom. The van der Waals surface area contributed by atoms with Crippen molar-refractivity contribution in [2.45, 2.75) is 51.6 Å². The molecule has 2 amide bonds. The molecule has 0 bridgehead atoms. The Kier molecular flexibility index (Phi) is 8.32. The van der Waals surface area contributed by atoms with Crippen LogP contribution in [0.2, 0.25) is 5.02 Å². The molecule has 1 aliphatic heterocycles. The van der Waals surface area contributed by atoms with Crippen molar-refractivity contribution >= 4 is 34.3 Å². The number of pyridine rings is 1. The fraction of sp³-hybridized carbons (Fsp3) is 0.300. The normalized spacial score (nSPS) is 15.8. The van der Waals surface area contributed by atoms with Crippen LogP contribution in [0.25, 0.3) is 10.9 Å². The summed E-state index contributed by atoms with van der Waals surface area (Å²) >= 11 is 5.84. The molecular weight excluding hydrogens is 535 g/mol. The standard InChI is InChI=1S/C30H30ClFN4O4/c1-19(37)24-16-35(26-11-10-22(14-23(24)26)40-18-21-7-2-3-12-33-21)17-28(38)36-13-5-9-27(36)30(39)34-15-20-6-4-8-25(31)29(20)32/h2-4,6-8,10-12,14,16,19,27,37H,5,9,13,15,17-18H2,1H3,(H,34,39)/t19?,27-/m0/s1. The average molecular weight is 565 g/mol. The lowest BCUT2D eigenvalue weighted by Gasteiger charge is -2.24. The lowest BCUT2D eigenvalue weighted by atomic mass is 10.1. The smallest absolute Gasteiger partial charge is 0.243 e. The molecule has 2 N–H and O–H groups in total. The summed E-state index contributed by atoms with van der Waals surface area (Å²) in [5.74, 6) is -0.489. The largest absolute Gasteiger partial charge is 0.487 e. The van der Waals surface area contributed by atoms with Crippen LogP contribution in [-0.2, 0) is 29.3 Å². The van der Waals surface area contributed by atoms with Crippen molar-refractivity contribution in [2.75, 3.05) is 6.54 Å². The molecule has 2 aromatic carbocycles. The highest BCUT2D eigenvalue weighted by Gasteiger charge is 2.34. The van der Waals surface area contributed by atoms with E-state index in [1.807, 2.05) is 36.4 Å². The van der Waals surface area contributed by atoms with Crippen molar-refractivity contribution in [1.29, 1.82) is 0 Å². The molecule has 2 aromatic heterocycles. The van der Waals surface area contributed by atoms with E-state index in [-0.39, 0.29) is 35.5 Å². The molecule has 5 rings (SSSR count). The number of aliphatic hydroxyl groups is 1. The summed E-state index contributed by atoms with van der Waals surface area (Å²) in [5, 5.41) is 14.0. The maximum absolute atomic E-state index is 14.2. The van der Waals surface area contributed by atoms with E-state index in [9.17, 15) is 19.1 Å². The van der Waals surface area contributed by atoms with E-state index in [1.54, 1.807) is 40.9 Å². The van der Waals surface area contributed by atoms with Crippen molar-refractivity contribution < 1.29 is 23.8 Å². The van der Waals surface area contributed by atoms with E-state index in [1.165, 1.54) is 6.07 Å². The highest BCUT2D eigenvalue weighted by Crippen LogP contribution is 2.31. The Morgan fingerprint density at radius 2 is 2.08 bits per heavy atom. The van der Waals surface area contributed by atoms with Crippen molar-refractivity contribution in [2.24, 2.45) is 0 Å². The van der Waals surface area contributed by atoms with Gasteiger partial charge in [-0.1, -0.05) is 29.8 Å². The first-order chi connectivity index (χ1) is 19.3. The van der Waals surface area contributed by atoms with Crippen LogP contribution in [0.15, 0.2) is 67.0 Å². The van der Waals surface area contributed by atoms with E-state index >= 15 is 0 Å². The quantitative estimate of drug-likeness (QED) is 0.305. The predicted molar refractivity (Wildman–Crippen MR) is 149 cm³/mol. The van der Waals surface area contributed by atoms with Gasteiger partial charge in [-0.3, -0.25) is 14.6 Å². The zero-order valence-corrected chi connectivity index (χ0v) is 22.8. The third-order valence-corrected chi connectivity index (χ3v) is 7.40. The second-order valence-electron chi connectivity index (χ2n) is 9.85. The number of benzene rings is 2. The van der Waals surface area contributed by atoms with Crippen LogP contribution in [0.4, 0.5) is 4.39 Å². The summed E-state index contributed by atoms with van der Waals surface area (Å²) in [6.45, 7) is 2.42. The van der Waals surface area contributed by atoms with E-state index in [2.05, 4.69) is 10.3 Å². The highest BCUT2D eigenvalue weighted by atomic mass is 35.5. The second-order valence-corrected chi connectivity index (χ2v) is 10.3. The number of hydrogen-bond acceptors (Lipinski definition) is 5. The zero-order chi connectivity index (χ0) is 28.2. The molecule has 208 valence electrons. The van der Waals surface area contributed by atoms with Gasteiger partial charge in [0.05, 0.1) is 16.8 Å². The van der Waals surface area contributed by atoms with Crippen molar-refractivity contribution in [1.82, 2.24) is 19.8 Å². The summed E-state index contributed by atoms with van der Waals surface area (Å²) in [4.78, 5) is 32.2. The lowest BCUT2D eigenvalue weighted by molar-refractivity contribution is -0.138. The van der Waals surface area contributed by atoms with Gasteiger partial charge in [-0.2, -0.15) is 0 Å². The number of likely N-dealkylation sites (tertiary alicyclic amines) is 1. The first-order valence-corrected chi connectivity index (χ1v) is 13.5. The maximum atomic E-state index is 14.2. The first kappa shape index (κ1) is 27.6. The van der Waals surface area contributed by atoms with Gasteiger partial charge >= 0.3 is 0 Å². The average Bonchev–Trinajstić information content (AvgIpc) is 3.59. The number of aliphatic hydroxyl groups excluding tert-OH is 1. The van der Waals surface area contributed by atoms with Crippen LogP contribution in [0.5, 0.6) is 5.75 Å². The van der Waals surface area contributed by atoms with E-state index in [0.29, 0.717) is 37.3 Å². The number of ether oxygens (including phenoxy) is 1. The molecule has 1 unspecified atom stereocenters. The number of hydrogen-bond donors (Lipinski definition) is 2. The van der Waals surface area contributed by atoms with E-state index in [0.717, 1.165) is 16.6 Å². The van der Waals surface area contributed by atoms with Gasteiger partial charge in [-0.05, 0) is 56.2 Å². The first-order valence-electron chi connectivity index (χ1n) is 13.2. The van der Waals surface area contributed by atoms with Crippen LogP contribution < -0.4 is 10.1 Å². The van der Waals surface area contributed by atoms with E-state index < -0.39 is 18.0 Å². The van der Waals surface area contributed by atoms with Crippen molar-refractivity contribution in [3.8, 4) is 5.75 Å². The van der Waals surface area contributed by atoms with E-state index in [4.69, 9.17) is 16.3 Å². The third kappa shape index (κ3) is 5.95. The van der Waals surface area contributed by atoms with Crippen LogP contribution in [-0.4, -0.2) is 44.0 Å². The van der Waals surface area contributed by atoms with Gasteiger partial charge in [0.15, 0.2) is 0 Å². The fourth-order valence-corrected chi connectivity index (χ4v) is 5.25. The Hall–Kier alpha value is -3.95. The molecule has 0 radical (unpaired) electrons. The third-order valence-electron chi connectivity index (χ3n) is 7.11. The molecular formula is C30H30ClFN4O4. The number of nitrogens with one attached hydrogen (secondary N) is 1. The van der Waals surface area contributed by atoms with Crippen LogP contribution >= 0.6 is 11.6 Å². The molecule has 2 atom stereocenters. The molecule has 8 nitrogen and oxygen atoms in total. The Morgan fingerprint density at radius 3 is 2.85 bits per heavy atom. The summed E-state index contributed by atoms with van der Waals surface area (Å²) in [5.41, 5.74) is 2.52. The number of nitrogens with zero attached hydrogens (tertiary/aromatic N) is 3. The monoisotopic (exact) mass is 564 g/mol. The Balaban J connectivity index is 1.29. The maximum Gasteiger partial charge on any atom is 0.243 e. The predicted octanol–water partition coefficient (Wildman–Crippen LogP) is 4.77. The summed E-state index contributed by atoms with van der Waals surface area (Å²) in [7, 11) is 0. The Bertz CT molecular complexity index is 1530. The fourth-order valence-electron chi connectivity index (χ4n) is 5.06. The molecule has 1 fully saturated rings.